The zero-order valence-corrected chi connectivity index (χ0v) is 23.0. The Kier molecular flexibility index (Phi) is 6.36. The van der Waals surface area contributed by atoms with Crippen molar-refractivity contribution < 1.29 is 33.8 Å². The Bertz CT molecular complexity index is 1640. The molecule has 0 bridgehead atoms. The summed E-state index contributed by atoms with van der Waals surface area (Å²) in [5.74, 6) is -3.45. The number of anilines is 1. The second-order valence-electron chi connectivity index (χ2n) is 11.0. The molecule has 6 rings (SSSR count). The van der Waals surface area contributed by atoms with E-state index >= 15 is 0 Å². The van der Waals surface area contributed by atoms with Crippen LogP contribution in [-0.2, 0) is 19.2 Å². The summed E-state index contributed by atoms with van der Waals surface area (Å²) in [7, 11) is 0. The molecule has 0 spiro atoms. The van der Waals surface area contributed by atoms with Crippen LogP contribution in [0.4, 0.5) is 5.69 Å². The van der Waals surface area contributed by atoms with Gasteiger partial charge < -0.3 is 9.84 Å². The van der Waals surface area contributed by atoms with Crippen molar-refractivity contribution in [1.82, 2.24) is 0 Å². The van der Waals surface area contributed by atoms with E-state index in [2.05, 4.69) is 0 Å². The average Bonchev–Trinajstić information content (AvgIpc) is 3.21. The SMILES string of the molecule is CCOc1cc([C@H]2C3=CC[C@@H]4C(=O)N(c5ccc(C(C)=O)cc5)C(=O)[C@@H]4[C@@H]3CC3=C2C(=O)C(C)=CC3=O)ccc1O. The number of amides is 2. The summed E-state index contributed by atoms with van der Waals surface area (Å²) in [6, 6.07) is 11.3. The molecule has 1 aliphatic heterocycles. The van der Waals surface area contributed by atoms with Crippen molar-refractivity contribution in [3.05, 3.63) is 88.0 Å². The number of Topliss-reactive ketones (excluding diaryl/α,β-unsaturated/α-hetero) is 2. The highest BCUT2D eigenvalue weighted by atomic mass is 16.5. The molecule has 0 unspecified atom stereocenters. The number of rotatable bonds is 5. The number of phenolic OH excluding ortho intramolecular Hbond substituents is 1. The molecule has 1 fully saturated rings. The maximum Gasteiger partial charge on any atom is 0.238 e. The highest BCUT2D eigenvalue weighted by Crippen LogP contribution is 2.55. The fraction of sp³-hybridized carbons (Fsp3) is 0.303. The van der Waals surface area contributed by atoms with Gasteiger partial charge in [-0.25, -0.2) is 0 Å². The third-order valence-electron chi connectivity index (χ3n) is 8.71. The number of ether oxygens (including phenoxy) is 1. The summed E-state index contributed by atoms with van der Waals surface area (Å²) < 4.78 is 5.62. The number of hydrogen-bond acceptors (Lipinski definition) is 7. The van der Waals surface area contributed by atoms with Crippen LogP contribution in [0.1, 0.15) is 55.5 Å². The quantitative estimate of drug-likeness (QED) is 0.249. The number of aromatic hydroxyl groups is 1. The lowest BCUT2D eigenvalue weighted by Crippen LogP contribution is -2.39. The number of ketones is 3. The van der Waals surface area contributed by atoms with Gasteiger partial charge in [0.1, 0.15) is 0 Å². The van der Waals surface area contributed by atoms with E-state index in [9.17, 15) is 29.1 Å². The zero-order chi connectivity index (χ0) is 29.2. The molecule has 4 atom stereocenters. The van der Waals surface area contributed by atoms with E-state index in [0.29, 0.717) is 46.6 Å². The average molecular weight is 552 g/mol. The van der Waals surface area contributed by atoms with Gasteiger partial charge in [-0.1, -0.05) is 17.7 Å². The maximum atomic E-state index is 14.0. The van der Waals surface area contributed by atoms with Crippen molar-refractivity contribution in [3.63, 3.8) is 0 Å². The Balaban J connectivity index is 1.46. The van der Waals surface area contributed by atoms with Crippen LogP contribution in [0.15, 0.2) is 76.9 Å². The molecule has 8 heteroatoms. The van der Waals surface area contributed by atoms with Crippen LogP contribution in [0.3, 0.4) is 0 Å². The lowest BCUT2D eigenvalue weighted by Gasteiger charge is -2.42. The lowest BCUT2D eigenvalue weighted by atomic mass is 9.59. The molecule has 0 aromatic heterocycles. The molecule has 2 aromatic rings. The van der Waals surface area contributed by atoms with Gasteiger partial charge in [0, 0.05) is 28.2 Å². The molecule has 3 aliphatic carbocycles. The predicted molar refractivity (Wildman–Crippen MR) is 150 cm³/mol. The van der Waals surface area contributed by atoms with Gasteiger partial charge >= 0.3 is 0 Å². The first-order valence-corrected chi connectivity index (χ1v) is 13.8. The number of phenols is 1. The molecule has 2 amide bonds. The summed E-state index contributed by atoms with van der Waals surface area (Å²) in [5, 5.41) is 10.3. The number of fused-ring (bicyclic) bond motifs is 3. The molecular weight excluding hydrogens is 522 g/mol. The minimum atomic E-state index is -0.704. The van der Waals surface area contributed by atoms with Crippen molar-refractivity contribution in [1.29, 1.82) is 0 Å². The van der Waals surface area contributed by atoms with E-state index in [4.69, 9.17) is 4.74 Å². The van der Waals surface area contributed by atoms with E-state index in [1.54, 1.807) is 50.2 Å². The van der Waals surface area contributed by atoms with Crippen LogP contribution in [0.2, 0.25) is 0 Å². The van der Waals surface area contributed by atoms with Gasteiger partial charge in [0.25, 0.3) is 0 Å². The zero-order valence-electron chi connectivity index (χ0n) is 23.0. The van der Waals surface area contributed by atoms with Crippen molar-refractivity contribution >= 4 is 34.9 Å². The summed E-state index contributed by atoms with van der Waals surface area (Å²) in [4.78, 5) is 67.4. The second-order valence-corrected chi connectivity index (χ2v) is 11.0. The van der Waals surface area contributed by atoms with Crippen LogP contribution in [0.5, 0.6) is 11.5 Å². The van der Waals surface area contributed by atoms with Crippen molar-refractivity contribution in [2.45, 2.75) is 39.5 Å². The smallest absolute Gasteiger partial charge is 0.238 e. The minimum absolute atomic E-state index is 0.0417. The molecular formula is C33H29NO7. The molecule has 1 heterocycles. The van der Waals surface area contributed by atoms with E-state index in [1.807, 2.05) is 6.08 Å². The summed E-state index contributed by atoms with van der Waals surface area (Å²) in [6.07, 6.45) is 3.79. The fourth-order valence-corrected chi connectivity index (χ4v) is 6.82. The van der Waals surface area contributed by atoms with Gasteiger partial charge in [0.15, 0.2) is 28.8 Å². The number of nitrogens with zero attached hydrogens (tertiary/aromatic N) is 1. The Morgan fingerprint density at radius 2 is 1.76 bits per heavy atom. The number of carbonyl (C=O) groups excluding carboxylic acids is 5. The monoisotopic (exact) mass is 551 g/mol. The standard InChI is InChI=1S/C33H29NO7/c1-4-41-27-14-19(7-12-25(27)36)28-21-10-11-22-29(23(21)15-24-26(37)13-16(2)31(38)30(24)28)33(40)34(32(22)39)20-8-5-18(6-9-20)17(3)35/h5-10,12-14,22-23,28-29,36H,4,11,15H2,1-3H3/t22-,23+,28-,29-/m0/s1. The second kappa shape index (κ2) is 9.80. The number of allylic oxidation sites excluding steroid dienone is 6. The number of benzene rings is 2. The summed E-state index contributed by atoms with van der Waals surface area (Å²) in [6.45, 7) is 5.19. The highest BCUT2D eigenvalue weighted by Gasteiger charge is 2.56. The van der Waals surface area contributed by atoms with Crippen LogP contribution >= 0.6 is 0 Å². The van der Waals surface area contributed by atoms with Crippen LogP contribution in [-0.4, -0.2) is 40.9 Å². The molecule has 1 saturated heterocycles. The van der Waals surface area contributed by atoms with E-state index in [0.717, 1.165) is 5.57 Å². The molecule has 208 valence electrons. The lowest BCUT2D eigenvalue weighted by molar-refractivity contribution is -0.123. The third kappa shape index (κ3) is 4.08. The molecule has 4 aliphatic rings. The number of hydrogen-bond donors (Lipinski definition) is 1. The molecule has 2 aromatic carbocycles. The van der Waals surface area contributed by atoms with E-state index in [1.165, 1.54) is 24.0 Å². The van der Waals surface area contributed by atoms with Gasteiger partial charge in [-0.3, -0.25) is 28.9 Å². The van der Waals surface area contributed by atoms with E-state index < -0.39 is 23.7 Å². The normalized spacial score (nSPS) is 25.4. The van der Waals surface area contributed by atoms with Crippen molar-refractivity contribution in [3.8, 4) is 11.5 Å². The van der Waals surface area contributed by atoms with Gasteiger partial charge in [0.2, 0.25) is 11.8 Å². The fourth-order valence-electron chi connectivity index (χ4n) is 6.82. The topological polar surface area (TPSA) is 118 Å². The number of imide groups is 1. The minimum Gasteiger partial charge on any atom is -0.504 e. The summed E-state index contributed by atoms with van der Waals surface area (Å²) in [5.41, 5.74) is 3.47. The molecule has 1 N–H and O–H groups in total. The Morgan fingerprint density at radius 3 is 2.44 bits per heavy atom. The third-order valence-corrected chi connectivity index (χ3v) is 8.71. The van der Waals surface area contributed by atoms with E-state index in [-0.39, 0.29) is 47.1 Å². The Hall–Kier alpha value is -4.59. The van der Waals surface area contributed by atoms with Gasteiger partial charge in [-0.15, -0.1) is 0 Å². The van der Waals surface area contributed by atoms with Crippen molar-refractivity contribution in [2.75, 3.05) is 11.5 Å². The molecule has 8 nitrogen and oxygen atoms in total. The number of carbonyl (C=O) groups is 5. The van der Waals surface area contributed by atoms with Crippen molar-refractivity contribution in [2.24, 2.45) is 17.8 Å². The van der Waals surface area contributed by atoms with Gasteiger partial charge in [-0.05, 0) is 87.6 Å². The first-order valence-electron chi connectivity index (χ1n) is 13.8. The van der Waals surface area contributed by atoms with Crippen LogP contribution in [0, 0.1) is 17.8 Å². The highest BCUT2D eigenvalue weighted by molar-refractivity contribution is 6.25. The molecule has 0 radical (unpaired) electrons. The first-order chi connectivity index (χ1) is 19.6. The Morgan fingerprint density at radius 1 is 1.02 bits per heavy atom. The first kappa shape index (κ1) is 26.6. The van der Waals surface area contributed by atoms with Gasteiger partial charge in [-0.2, -0.15) is 0 Å². The van der Waals surface area contributed by atoms with Crippen LogP contribution < -0.4 is 9.64 Å². The predicted octanol–water partition coefficient (Wildman–Crippen LogP) is 4.63. The largest absolute Gasteiger partial charge is 0.504 e. The maximum absolute atomic E-state index is 14.0. The Labute approximate surface area is 237 Å². The van der Waals surface area contributed by atoms with Crippen LogP contribution in [0.25, 0.3) is 0 Å². The van der Waals surface area contributed by atoms with Gasteiger partial charge in [0.05, 0.1) is 24.1 Å². The molecule has 41 heavy (non-hydrogen) atoms. The summed E-state index contributed by atoms with van der Waals surface area (Å²) >= 11 is 0. The molecule has 0 saturated carbocycles.